The Morgan fingerprint density at radius 3 is 2.00 bits per heavy atom. The maximum absolute atomic E-state index is 12.1. The SMILES string of the molecule is CNC(=O)CCC(=O)N1CCN(CCCOCCC(=O)N2CCN(C)CC2)CC1. The number of rotatable bonds is 10. The largest absolute Gasteiger partial charge is 0.381 e. The van der Waals surface area contributed by atoms with E-state index in [1.807, 2.05) is 9.80 Å². The molecule has 0 aromatic rings. The van der Waals surface area contributed by atoms with E-state index in [2.05, 4.69) is 22.2 Å². The van der Waals surface area contributed by atoms with Crippen LogP contribution in [0.1, 0.15) is 25.7 Å². The van der Waals surface area contributed by atoms with Gasteiger partial charge in [-0.05, 0) is 13.5 Å². The molecule has 2 aliphatic rings. The van der Waals surface area contributed by atoms with Crippen LogP contribution in [0.4, 0.5) is 0 Å². The third-order valence-corrected chi connectivity index (χ3v) is 5.65. The van der Waals surface area contributed by atoms with Crippen molar-refractivity contribution in [3.63, 3.8) is 0 Å². The van der Waals surface area contributed by atoms with Gasteiger partial charge >= 0.3 is 0 Å². The van der Waals surface area contributed by atoms with E-state index < -0.39 is 0 Å². The maximum atomic E-state index is 12.1. The van der Waals surface area contributed by atoms with E-state index in [1.54, 1.807) is 7.05 Å². The molecule has 2 rings (SSSR count). The molecule has 0 spiro atoms. The zero-order chi connectivity index (χ0) is 21.1. The highest BCUT2D eigenvalue weighted by Gasteiger charge is 2.21. The van der Waals surface area contributed by atoms with Crippen LogP contribution in [0.15, 0.2) is 0 Å². The predicted octanol–water partition coefficient (Wildman–Crippen LogP) is -0.772. The predicted molar refractivity (Wildman–Crippen MR) is 110 cm³/mol. The molecule has 0 radical (unpaired) electrons. The molecule has 2 heterocycles. The van der Waals surface area contributed by atoms with Gasteiger partial charge in [0.05, 0.1) is 13.0 Å². The molecule has 2 saturated heterocycles. The fourth-order valence-electron chi connectivity index (χ4n) is 3.59. The summed E-state index contributed by atoms with van der Waals surface area (Å²) in [5.74, 6) is 0.152. The Bertz CT molecular complexity index is 529. The summed E-state index contributed by atoms with van der Waals surface area (Å²) in [5.41, 5.74) is 0. The number of hydrogen-bond acceptors (Lipinski definition) is 6. The lowest BCUT2D eigenvalue weighted by atomic mass is 10.2. The highest BCUT2D eigenvalue weighted by Crippen LogP contribution is 2.06. The summed E-state index contributed by atoms with van der Waals surface area (Å²) in [7, 11) is 3.66. The normalized spacial score (nSPS) is 18.7. The van der Waals surface area contributed by atoms with Crippen molar-refractivity contribution in [2.24, 2.45) is 0 Å². The number of likely N-dealkylation sites (N-methyl/N-ethyl adjacent to an activating group) is 1. The van der Waals surface area contributed by atoms with Crippen molar-refractivity contribution in [1.82, 2.24) is 24.9 Å². The van der Waals surface area contributed by atoms with Crippen LogP contribution >= 0.6 is 0 Å². The number of nitrogens with one attached hydrogen (secondary N) is 1. The minimum atomic E-state index is -0.0952. The summed E-state index contributed by atoms with van der Waals surface area (Å²) in [5, 5.41) is 2.54. The van der Waals surface area contributed by atoms with Gasteiger partial charge in [0.15, 0.2) is 0 Å². The van der Waals surface area contributed by atoms with Crippen molar-refractivity contribution < 1.29 is 19.1 Å². The van der Waals surface area contributed by atoms with E-state index in [4.69, 9.17) is 4.74 Å². The number of hydrogen-bond donors (Lipinski definition) is 1. The topological polar surface area (TPSA) is 85.4 Å². The first-order chi connectivity index (χ1) is 14.0. The second-order valence-corrected chi connectivity index (χ2v) is 7.80. The molecule has 2 aliphatic heterocycles. The fraction of sp³-hybridized carbons (Fsp3) is 0.850. The van der Waals surface area contributed by atoms with Gasteiger partial charge in [0.2, 0.25) is 17.7 Å². The van der Waals surface area contributed by atoms with Gasteiger partial charge in [0, 0.05) is 85.4 Å². The van der Waals surface area contributed by atoms with Crippen molar-refractivity contribution in [1.29, 1.82) is 0 Å². The first-order valence-electron chi connectivity index (χ1n) is 10.7. The van der Waals surface area contributed by atoms with Crippen molar-refractivity contribution >= 4 is 17.7 Å². The van der Waals surface area contributed by atoms with Crippen LogP contribution < -0.4 is 5.32 Å². The lowest BCUT2D eigenvalue weighted by Gasteiger charge is -2.34. The quantitative estimate of drug-likeness (QED) is 0.475. The molecule has 0 atom stereocenters. The molecule has 1 N–H and O–H groups in total. The molecule has 0 aromatic heterocycles. The number of carbonyl (C=O) groups is 3. The molecule has 0 bridgehead atoms. The second kappa shape index (κ2) is 12.8. The molecular formula is C20H37N5O4. The molecule has 0 aromatic carbocycles. The van der Waals surface area contributed by atoms with Crippen LogP contribution in [0.5, 0.6) is 0 Å². The maximum Gasteiger partial charge on any atom is 0.224 e. The van der Waals surface area contributed by atoms with E-state index in [1.165, 1.54) is 0 Å². The Morgan fingerprint density at radius 1 is 0.793 bits per heavy atom. The molecular weight excluding hydrogens is 374 g/mol. The highest BCUT2D eigenvalue weighted by molar-refractivity contribution is 5.83. The summed E-state index contributed by atoms with van der Waals surface area (Å²) in [6, 6.07) is 0. The Morgan fingerprint density at radius 2 is 1.38 bits per heavy atom. The summed E-state index contributed by atoms with van der Waals surface area (Å²) >= 11 is 0. The monoisotopic (exact) mass is 411 g/mol. The van der Waals surface area contributed by atoms with Gasteiger partial charge in [-0.15, -0.1) is 0 Å². The molecule has 166 valence electrons. The molecule has 3 amide bonds. The van der Waals surface area contributed by atoms with E-state index in [-0.39, 0.29) is 30.6 Å². The van der Waals surface area contributed by atoms with Gasteiger partial charge in [-0.1, -0.05) is 0 Å². The summed E-state index contributed by atoms with van der Waals surface area (Å²) in [6.45, 7) is 8.73. The third-order valence-electron chi connectivity index (χ3n) is 5.65. The molecule has 0 aliphatic carbocycles. The van der Waals surface area contributed by atoms with Gasteiger partial charge < -0.3 is 24.8 Å². The number of amides is 3. The lowest BCUT2D eigenvalue weighted by molar-refractivity contribution is -0.135. The second-order valence-electron chi connectivity index (χ2n) is 7.80. The van der Waals surface area contributed by atoms with E-state index in [0.29, 0.717) is 32.7 Å². The van der Waals surface area contributed by atoms with E-state index in [9.17, 15) is 14.4 Å². The van der Waals surface area contributed by atoms with Crippen LogP contribution in [0.3, 0.4) is 0 Å². The van der Waals surface area contributed by atoms with Gasteiger partial charge in [-0.3, -0.25) is 19.3 Å². The lowest BCUT2D eigenvalue weighted by Crippen LogP contribution is -2.49. The van der Waals surface area contributed by atoms with Crippen LogP contribution in [0.25, 0.3) is 0 Å². The summed E-state index contributed by atoms with van der Waals surface area (Å²) in [6.07, 6.45) is 1.92. The Kier molecular flexibility index (Phi) is 10.4. The summed E-state index contributed by atoms with van der Waals surface area (Å²) in [4.78, 5) is 43.9. The standard InChI is InChI=1S/C20H37N5O4/c1-21-18(26)4-5-19(27)25-14-10-23(11-15-25)7-3-16-29-17-6-20(28)24-12-8-22(2)9-13-24/h3-17H2,1-2H3,(H,21,26). The van der Waals surface area contributed by atoms with Crippen molar-refractivity contribution in [3.8, 4) is 0 Å². The Labute approximate surface area is 174 Å². The first kappa shape index (κ1) is 23.6. The van der Waals surface area contributed by atoms with Crippen molar-refractivity contribution in [2.45, 2.75) is 25.7 Å². The smallest absolute Gasteiger partial charge is 0.224 e. The number of piperazine rings is 2. The number of carbonyl (C=O) groups excluding carboxylic acids is 3. The average molecular weight is 412 g/mol. The molecule has 9 nitrogen and oxygen atoms in total. The van der Waals surface area contributed by atoms with Crippen LogP contribution in [-0.4, -0.2) is 124 Å². The van der Waals surface area contributed by atoms with Gasteiger partial charge in [-0.2, -0.15) is 0 Å². The molecule has 2 fully saturated rings. The minimum Gasteiger partial charge on any atom is -0.381 e. The average Bonchev–Trinajstić information content (AvgIpc) is 2.74. The van der Waals surface area contributed by atoms with Crippen LogP contribution in [-0.2, 0) is 19.1 Å². The highest BCUT2D eigenvalue weighted by atomic mass is 16.5. The zero-order valence-electron chi connectivity index (χ0n) is 18.0. The molecule has 0 saturated carbocycles. The summed E-state index contributed by atoms with van der Waals surface area (Å²) < 4.78 is 5.64. The van der Waals surface area contributed by atoms with E-state index >= 15 is 0 Å². The van der Waals surface area contributed by atoms with Crippen LogP contribution in [0.2, 0.25) is 0 Å². The van der Waals surface area contributed by atoms with Crippen molar-refractivity contribution in [3.05, 3.63) is 0 Å². The van der Waals surface area contributed by atoms with Crippen LogP contribution in [0, 0.1) is 0 Å². The molecule has 0 unspecified atom stereocenters. The minimum absolute atomic E-state index is 0.0570. The Balaban J connectivity index is 1.47. The van der Waals surface area contributed by atoms with Gasteiger partial charge in [0.1, 0.15) is 0 Å². The fourth-order valence-corrected chi connectivity index (χ4v) is 3.59. The van der Waals surface area contributed by atoms with Gasteiger partial charge in [0.25, 0.3) is 0 Å². The van der Waals surface area contributed by atoms with Gasteiger partial charge in [-0.25, -0.2) is 0 Å². The third kappa shape index (κ3) is 8.67. The Hall–Kier alpha value is -1.71. The molecule has 29 heavy (non-hydrogen) atoms. The first-order valence-corrected chi connectivity index (χ1v) is 10.7. The number of ether oxygens (including phenoxy) is 1. The zero-order valence-corrected chi connectivity index (χ0v) is 18.0. The molecule has 9 heteroatoms. The van der Waals surface area contributed by atoms with Crippen molar-refractivity contribution in [2.75, 3.05) is 86.2 Å². The number of nitrogens with zero attached hydrogens (tertiary/aromatic N) is 4. The van der Waals surface area contributed by atoms with E-state index in [0.717, 1.165) is 52.2 Å².